The number of hydrogen-bond acceptors (Lipinski definition) is 2. The molecule has 114 valence electrons. The highest BCUT2D eigenvalue weighted by Gasteiger charge is 2.17. The van der Waals surface area contributed by atoms with E-state index in [1.807, 2.05) is 25.1 Å². The molecule has 0 bridgehead atoms. The predicted octanol–water partition coefficient (Wildman–Crippen LogP) is 3.86. The summed E-state index contributed by atoms with van der Waals surface area (Å²) < 4.78 is 0. The molecule has 1 saturated carbocycles. The summed E-state index contributed by atoms with van der Waals surface area (Å²) in [5.74, 6) is 0.492. The van der Waals surface area contributed by atoms with Gasteiger partial charge in [-0.15, -0.1) is 0 Å². The van der Waals surface area contributed by atoms with Gasteiger partial charge < -0.3 is 10.6 Å². The summed E-state index contributed by atoms with van der Waals surface area (Å²) in [6.45, 7) is 3.38. The number of carbonyl (C=O) groups excluding carboxylic acids is 2. The van der Waals surface area contributed by atoms with Gasteiger partial charge >= 0.3 is 0 Å². The maximum Gasteiger partial charge on any atom is 0.224 e. The Morgan fingerprint density at radius 3 is 2.33 bits per heavy atom. The Morgan fingerprint density at radius 1 is 1.10 bits per heavy atom. The Hall–Kier alpha value is -1.84. The molecule has 1 aromatic rings. The summed E-state index contributed by atoms with van der Waals surface area (Å²) in [7, 11) is 0. The van der Waals surface area contributed by atoms with Gasteiger partial charge in [-0.1, -0.05) is 25.3 Å². The minimum Gasteiger partial charge on any atom is -0.326 e. The Kier molecular flexibility index (Phi) is 5.37. The molecule has 0 radical (unpaired) electrons. The van der Waals surface area contributed by atoms with E-state index in [2.05, 4.69) is 10.6 Å². The lowest BCUT2D eigenvalue weighted by Crippen LogP contribution is -2.19. The lowest BCUT2D eigenvalue weighted by molar-refractivity contribution is -0.117. The van der Waals surface area contributed by atoms with Crippen LogP contribution in [0.2, 0.25) is 0 Å². The van der Waals surface area contributed by atoms with Crippen molar-refractivity contribution in [1.29, 1.82) is 0 Å². The summed E-state index contributed by atoms with van der Waals surface area (Å²) in [4.78, 5) is 23.3. The SMILES string of the molecule is CC(=O)Nc1cccc(NC(=O)CC2CCCCC2)c1C. The van der Waals surface area contributed by atoms with Crippen LogP contribution in [0.25, 0.3) is 0 Å². The Morgan fingerprint density at radius 2 is 1.71 bits per heavy atom. The van der Waals surface area contributed by atoms with Gasteiger partial charge in [0.1, 0.15) is 0 Å². The molecule has 4 nitrogen and oxygen atoms in total. The van der Waals surface area contributed by atoms with Crippen LogP contribution in [0.4, 0.5) is 11.4 Å². The minimum atomic E-state index is -0.108. The molecule has 0 saturated heterocycles. The van der Waals surface area contributed by atoms with Gasteiger partial charge in [-0.05, 0) is 43.4 Å². The molecule has 21 heavy (non-hydrogen) atoms. The van der Waals surface area contributed by atoms with Crippen molar-refractivity contribution >= 4 is 23.2 Å². The summed E-state index contributed by atoms with van der Waals surface area (Å²) >= 11 is 0. The van der Waals surface area contributed by atoms with Crippen LogP contribution < -0.4 is 10.6 Å². The first-order chi connectivity index (χ1) is 10.1. The summed E-state index contributed by atoms with van der Waals surface area (Å²) in [6, 6.07) is 5.56. The maximum atomic E-state index is 12.2. The molecule has 2 N–H and O–H groups in total. The fourth-order valence-corrected chi connectivity index (χ4v) is 2.95. The Labute approximate surface area is 126 Å². The highest BCUT2D eigenvalue weighted by molar-refractivity contribution is 5.95. The first kappa shape index (κ1) is 15.5. The number of anilines is 2. The molecule has 0 unspecified atom stereocenters. The Balaban J connectivity index is 1.98. The van der Waals surface area contributed by atoms with Crippen molar-refractivity contribution in [3.05, 3.63) is 23.8 Å². The molecule has 4 heteroatoms. The molecule has 1 aliphatic carbocycles. The molecule has 2 rings (SSSR count). The smallest absolute Gasteiger partial charge is 0.224 e. The largest absolute Gasteiger partial charge is 0.326 e. The lowest BCUT2D eigenvalue weighted by Gasteiger charge is -2.21. The summed E-state index contributed by atoms with van der Waals surface area (Å²) in [5.41, 5.74) is 2.42. The van der Waals surface area contributed by atoms with Crippen molar-refractivity contribution in [3.8, 4) is 0 Å². The number of nitrogens with one attached hydrogen (secondary N) is 2. The molecule has 1 aliphatic rings. The maximum absolute atomic E-state index is 12.2. The molecule has 0 aliphatic heterocycles. The van der Waals surface area contributed by atoms with E-state index in [9.17, 15) is 9.59 Å². The average molecular weight is 288 g/mol. The van der Waals surface area contributed by atoms with Crippen LogP contribution in [0.3, 0.4) is 0 Å². The number of rotatable bonds is 4. The molecule has 2 amide bonds. The fourth-order valence-electron chi connectivity index (χ4n) is 2.95. The molecular formula is C17H24N2O2. The van der Waals surface area contributed by atoms with Gasteiger partial charge in [-0.25, -0.2) is 0 Å². The summed E-state index contributed by atoms with van der Waals surface area (Å²) in [6.07, 6.45) is 6.72. The van der Waals surface area contributed by atoms with Gasteiger partial charge in [0.15, 0.2) is 0 Å². The number of amides is 2. The van der Waals surface area contributed by atoms with Crippen LogP contribution >= 0.6 is 0 Å². The lowest BCUT2D eigenvalue weighted by atomic mass is 9.87. The molecule has 0 aromatic heterocycles. The van der Waals surface area contributed by atoms with E-state index in [-0.39, 0.29) is 11.8 Å². The second kappa shape index (κ2) is 7.25. The van der Waals surface area contributed by atoms with Gasteiger partial charge in [-0.2, -0.15) is 0 Å². The third kappa shape index (κ3) is 4.59. The molecular weight excluding hydrogens is 264 g/mol. The van der Waals surface area contributed by atoms with Gasteiger partial charge in [0.05, 0.1) is 0 Å². The van der Waals surface area contributed by atoms with Crippen LogP contribution in [-0.2, 0) is 9.59 Å². The normalized spacial score (nSPS) is 15.5. The molecule has 1 aromatic carbocycles. The Bertz CT molecular complexity index is 520. The van der Waals surface area contributed by atoms with E-state index in [0.717, 1.165) is 16.9 Å². The van der Waals surface area contributed by atoms with E-state index in [1.54, 1.807) is 0 Å². The van der Waals surface area contributed by atoms with Crippen LogP contribution in [0, 0.1) is 12.8 Å². The minimum absolute atomic E-state index is 0.0741. The van der Waals surface area contributed by atoms with Gasteiger partial charge in [0, 0.05) is 24.7 Å². The van der Waals surface area contributed by atoms with E-state index in [1.165, 1.54) is 39.0 Å². The van der Waals surface area contributed by atoms with E-state index < -0.39 is 0 Å². The third-order valence-electron chi connectivity index (χ3n) is 4.12. The van der Waals surface area contributed by atoms with Crippen LogP contribution in [0.5, 0.6) is 0 Å². The van der Waals surface area contributed by atoms with E-state index in [4.69, 9.17) is 0 Å². The molecule has 0 heterocycles. The summed E-state index contributed by atoms with van der Waals surface area (Å²) in [5, 5.41) is 5.76. The number of benzene rings is 1. The molecule has 0 atom stereocenters. The van der Waals surface area contributed by atoms with Crippen molar-refractivity contribution in [3.63, 3.8) is 0 Å². The number of hydrogen-bond donors (Lipinski definition) is 2. The van der Waals surface area contributed by atoms with Crippen molar-refractivity contribution in [2.75, 3.05) is 10.6 Å². The second-order valence-electron chi connectivity index (χ2n) is 5.92. The molecule has 1 fully saturated rings. The zero-order valence-corrected chi connectivity index (χ0v) is 12.9. The highest BCUT2D eigenvalue weighted by atomic mass is 16.2. The molecule has 0 spiro atoms. The van der Waals surface area contributed by atoms with Crippen LogP contribution in [0.15, 0.2) is 18.2 Å². The van der Waals surface area contributed by atoms with Crippen LogP contribution in [-0.4, -0.2) is 11.8 Å². The quantitative estimate of drug-likeness (QED) is 0.883. The van der Waals surface area contributed by atoms with Crippen molar-refractivity contribution < 1.29 is 9.59 Å². The van der Waals surface area contributed by atoms with Gasteiger partial charge in [-0.3, -0.25) is 9.59 Å². The van der Waals surface area contributed by atoms with Gasteiger partial charge in [0.25, 0.3) is 0 Å². The second-order valence-corrected chi connectivity index (χ2v) is 5.92. The fraction of sp³-hybridized carbons (Fsp3) is 0.529. The van der Waals surface area contributed by atoms with Crippen molar-refractivity contribution in [1.82, 2.24) is 0 Å². The first-order valence-electron chi connectivity index (χ1n) is 7.73. The zero-order chi connectivity index (χ0) is 15.2. The predicted molar refractivity (Wildman–Crippen MR) is 85.3 cm³/mol. The van der Waals surface area contributed by atoms with E-state index >= 15 is 0 Å². The first-order valence-corrected chi connectivity index (χ1v) is 7.73. The average Bonchev–Trinajstić information content (AvgIpc) is 2.44. The highest BCUT2D eigenvalue weighted by Crippen LogP contribution is 2.28. The van der Waals surface area contributed by atoms with Gasteiger partial charge in [0.2, 0.25) is 11.8 Å². The van der Waals surface area contributed by atoms with E-state index in [0.29, 0.717) is 12.3 Å². The standard InChI is InChI=1S/C17H24N2O2/c1-12-15(18-13(2)20)9-6-10-16(12)19-17(21)11-14-7-4-3-5-8-14/h6,9-10,14H,3-5,7-8,11H2,1-2H3,(H,18,20)(H,19,21). The third-order valence-corrected chi connectivity index (χ3v) is 4.12. The topological polar surface area (TPSA) is 58.2 Å². The monoisotopic (exact) mass is 288 g/mol. The zero-order valence-electron chi connectivity index (χ0n) is 12.9. The van der Waals surface area contributed by atoms with Crippen LogP contribution in [0.1, 0.15) is 51.0 Å². The number of carbonyl (C=O) groups is 2. The van der Waals surface area contributed by atoms with Crippen molar-refractivity contribution in [2.45, 2.75) is 52.4 Å². The van der Waals surface area contributed by atoms with Crippen molar-refractivity contribution in [2.24, 2.45) is 5.92 Å².